The minimum atomic E-state index is -0.381. The summed E-state index contributed by atoms with van der Waals surface area (Å²) in [7, 11) is 1.43. The van der Waals surface area contributed by atoms with Crippen molar-refractivity contribution in [2.75, 3.05) is 7.11 Å². The summed E-state index contributed by atoms with van der Waals surface area (Å²) in [5.41, 5.74) is 1.25. The monoisotopic (exact) mass is 273 g/mol. The van der Waals surface area contributed by atoms with E-state index in [0.29, 0.717) is 17.5 Å². The van der Waals surface area contributed by atoms with Crippen molar-refractivity contribution in [2.45, 2.75) is 6.54 Å². The summed E-state index contributed by atoms with van der Waals surface area (Å²) in [5.74, 6) is -0.439. The lowest BCUT2D eigenvalue weighted by molar-refractivity contribution is 0.383. The second kappa shape index (κ2) is 4.96. The fourth-order valence-electron chi connectivity index (χ4n) is 2.34. The van der Waals surface area contributed by atoms with Crippen molar-refractivity contribution in [1.29, 1.82) is 0 Å². The van der Waals surface area contributed by atoms with Crippen LogP contribution in [0, 0.1) is 11.6 Å². The minimum Gasteiger partial charge on any atom is -0.494 e. The second-order valence-electron chi connectivity index (χ2n) is 4.55. The lowest BCUT2D eigenvalue weighted by atomic mass is 10.2. The maximum Gasteiger partial charge on any atom is 0.170 e. The van der Waals surface area contributed by atoms with E-state index in [1.165, 1.54) is 13.2 Å². The third-order valence-electron chi connectivity index (χ3n) is 3.36. The zero-order chi connectivity index (χ0) is 14.1. The van der Waals surface area contributed by atoms with Crippen LogP contribution in [0.3, 0.4) is 0 Å². The highest BCUT2D eigenvalue weighted by Gasteiger charge is 2.11. The van der Waals surface area contributed by atoms with Gasteiger partial charge in [-0.2, -0.15) is 0 Å². The van der Waals surface area contributed by atoms with Crippen molar-refractivity contribution in [2.24, 2.45) is 0 Å². The van der Waals surface area contributed by atoms with Crippen LogP contribution >= 0.6 is 0 Å². The quantitative estimate of drug-likeness (QED) is 0.704. The first-order valence-corrected chi connectivity index (χ1v) is 6.25. The van der Waals surface area contributed by atoms with Gasteiger partial charge in [0.1, 0.15) is 5.82 Å². The van der Waals surface area contributed by atoms with E-state index in [1.807, 2.05) is 10.6 Å². The Hall–Kier alpha value is -2.36. The number of hydrogen-bond acceptors (Lipinski definition) is 1. The summed E-state index contributed by atoms with van der Waals surface area (Å²) < 4.78 is 34.5. The molecule has 0 N–H and O–H groups in total. The second-order valence-corrected chi connectivity index (χ2v) is 4.55. The van der Waals surface area contributed by atoms with E-state index in [9.17, 15) is 8.78 Å². The predicted molar refractivity (Wildman–Crippen MR) is 74.0 cm³/mol. The van der Waals surface area contributed by atoms with Gasteiger partial charge in [0.2, 0.25) is 0 Å². The first-order valence-electron chi connectivity index (χ1n) is 6.25. The van der Waals surface area contributed by atoms with Gasteiger partial charge < -0.3 is 9.30 Å². The van der Waals surface area contributed by atoms with Crippen molar-refractivity contribution >= 4 is 10.9 Å². The maximum atomic E-state index is 14.1. The Morgan fingerprint density at radius 1 is 1.05 bits per heavy atom. The van der Waals surface area contributed by atoms with Crippen molar-refractivity contribution in [1.82, 2.24) is 4.57 Å². The van der Waals surface area contributed by atoms with E-state index in [1.54, 1.807) is 36.5 Å². The molecule has 0 unspecified atom stereocenters. The van der Waals surface area contributed by atoms with Gasteiger partial charge in [0.05, 0.1) is 19.2 Å². The van der Waals surface area contributed by atoms with Gasteiger partial charge in [-0.15, -0.1) is 0 Å². The molecule has 0 fully saturated rings. The smallest absolute Gasteiger partial charge is 0.170 e. The zero-order valence-corrected chi connectivity index (χ0v) is 10.9. The summed E-state index contributed by atoms with van der Waals surface area (Å²) in [6, 6.07) is 11.6. The van der Waals surface area contributed by atoms with E-state index in [-0.39, 0.29) is 17.4 Å². The van der Waals surface area contributed by atoms with Gasteiger partial charge in [0.15, 0.2) is 11.6 Å². The van der Waals surface area contributed by atoms with Gasteiger partial charge >= 0.3 is 0 Å². The van der Waals surface area contributed by atoms with Crippen LogP contribution in [0.1, 0.15) is 5.56 Å². The molecule has 0 atom stereocenters. The number of methoxy groups -OCH3 is 1. The number of aromatic nitrogens is 1. The van der Waals surface area contributed by atoms with E-state index in [0.717, 1.165) is 5.52 Å². The van der Waals surface area contributed by atoms with Gasteiger partial charge in [-0.25, -0.2) is 8.78 Å². The molecule has 20 heavy (non-hydrogen) atoms. The molecule has 0 bridgehead atoms. The van der Waals surface area contributed by atoms with Crippen LogP contribution in [0.5, 0.6) is 5.75 Å². The number of rotatable bonds is 3. The lowest BCUT2D eigenvalue weighted by Gasteiger charge is -2.09. The summed E-state index contributed by atoms with van der Waals surface area (Å²) in [5, 5.41) is 0.538. The Morgan fingerprint density at radius 3 is 2.65 bits per heavy atom. The summed E-state index contributed by atoms with van der Waals surface area (Å²) in [4.78, 5) is 0. The molecule has 102 valence electrons. The molecule has 4 heteroatoms. The van der Waals surface area contributed by atoms with Crippen LogP contribution in [-0.4, -0.2) is 11.7 Å². The summed E-state index contributed by atoms with van der Waals surface area (Å²) in [6.07, 6.45) is 1.76. The molecule has 3 rings (SSSR count). The molecule has 0 aliphatic carbocycles. The highest BCUT2D eigenvalue weighted by atomic mass is 19.1. The molecule has 0 saturated carbocycles. The van der Waals surface area contributed by atoms with E-state index < -0.39 is 0 Å². The van der Waals surface area contributed by atoms with Crippen LogP contribution in [-0.2, 0) is 6.54 Å². The standard InChI is InChI=1S/C16H13F2NO/c1-20-15-7-2-4-11(16(15)18)10-19-9-8-12-13(17)5-3-6-14(12)19/h2-9H,10H2,1H3. The predicted octanol–water partition coefficient (Wildman–Crippen LogP) is 3.98. The number of fused-ring (bicyclic) bond motifs is 1. The number of benzene rings is 2. The van der Waals surface area contributed by atoms with Crippen LogP contribution in [0.4, 0.5) is 8.78 Å². The van der Waals surface area contributed by atoms with Crippen LogP contribution in [0.2, 0.25) is 0 Å². The molecular formula is C16H13F2NO. The van der Waals surface area contributed by atoms with Crippen LogP contribution in [0.15, 0.2) is 48.7 Å². The van der Waals surface area contributed by atoms with Crippen molar-refractivity contribution in [3.63, 3.8) is 0 Å². The summed E-state index contributed by atoms with van der Waals surface area (Å²) >= 11 is 0. The van der Waals surface area contributed by atoms with Gasteiger partial charge in [-0.05, 0) is 24.3 Å². The normalized spacial score (nSPS) is 10.9. The molecule has 1 aromatic heterocycles. The number of ether oxygens (including phenoxy) is 1. The number of hydrogen-bond donors (Lipinski definition) is 0. The molecule has 2 aromatic carbocycles. The van der Waals surface area contributed by atoms with Gasteiger partial charge in [0.25, 0.3) is 0 Å². The molecule has 0 saturated heterocycles. The Kier molecular flexibility index (Phi) is 3.14. The molecule has 0 aliphatic heterocycles. The van der Waals surface area contributed by atoms with Crippen molar-refractivity contribution in [3.8, 4) is 5.75 Å². The molecule has 3 aromatic rings. The average Bonchev–Trinajstić information content (AvgIpc) is 2.86. The molecular weight excluding hydrogens is 260 g/mol. The Morgan fingerprint density at radius 2 is 1.85 bits per heavy atom. The van der Waals surface area contributed by atoms with Gasteiger partial charge in [-0.1, -0.05) is 18.2 Å². The Labute approximate surface area is 115 Å². The molecule has 0 amide bonds. The Balaban J connectivity index is 2.04. The first kappa shape index (κ1) is 12.7. The third kappa shape index (κ3) is 2.03. The zero-order valence-electron chi connectivity index (χ0n) is 10.9. The SMILES string of the molecule is COc1cccc(Cn2ccc3c(F)cccc32)c1F. The fraction of sp³-hybridized carbons (Fsp3) is 0.125. The lowest BCUT2D eigenvalue weighted by Crippen LogP contribution is -2.02. The molecule has 2 nitrogen and oxygen atoms in total. The molecule has 0 radical (unpaired) electrons. The maximum absolute atomic E-state index is 14.1. The van der Waals surface area contributed by atoms with Crippen molar-refractivity contribution < 1.29 is 13.5 Å². The summed E-state index contributed by atoms with van der Waals surface area (Å²) in [6.45, 7) is 0.329. The number of nitrogens with zero attached hydrogens (tertiary/aromatic N) is 1. The average molecular weight is 273 g/mol. The van der Waals surface area contributed by atoms with Gasteiger partial charge in [0, 0.05) is 17.1 Å². The van der Waals surface area contributed by atoms with Crippen molar-refractivity contribution in [3.05, 3.63) is 65.9 Å². The van der Waals surface area contributed by atoms with E-state index in [4.69, 9.17) is 4.74 Å². The fourth-order valence-corrected chi connectivity index (χ4v) is 2.34. The third-order valence-corrected chi connectivity index (χ3v) is 3.36. The van der Waals surface area contributed by atoms with Crippen LogP contribution < -0.4 is 4.74 Å². The highest BCUT2D eigenvalue weighted by Crippen LogP contribution is 2.24. The largest absolute Gasteiger partial charge is 0.494 e. The van der Waals surface area contributed by atoms with E-state index >= 15 is 0 Å². The molecule has 1 heterocycles. The van der Waals surface area contributed by atoms with E-state index in [2.05, 4.69) is 0 Å². The van der Waals surface area contributed by atoms with Gasteiger partial charge in [-0.3, -0.25) is 0 Å². The molecule has 0 aliphatic rings. The Bertz CT molecular complexity index is 764. The topological polar surface area (TPSA) is 14.2 Å². The first-order chi connectivity index (χ1) is 9.70. The van der Waals surface area contributed by atoms with Crippen LogP contribution in [0.25, 0.3) is 10.9 Å². The highest BCUT2D eigenvalue weighted by molar-refractivity contribution is 5.80. The minimum absolute atomic E-state index is 0.213. The number of halogens is 2. The molecule has 0 spiro atoms.